The zero-order valence-corrected chi connectivity index (χ0v) is 31.0. The van der Waals surface area contributed by atoms with E-state index in [1.165, 1.54) is 33.0 Å². The molecule has 0 radical (unpaired) electrons. The van der Waals surface area contributed by atoms with Gasteiger partial charge in [0.1, 0.15) is 11.3 Å². The van der Waals surface area contributed by atoms with Crippen LogP contribution < -0.4 is 0 Å². The third kappa shape index (κ3) is 5.56. The number of rotatable bonds is 5. The molecule has 2 heterocycles. The van der Waals surface area contributed by atoms with E-state index in [-0.39, 0.29) is 0 Å². The van der Waals surface area contributed by atoms with Gasteiger partial charge in [0.2, 0.25) is 0 Å². The molecule has 0 saturated heterocycles. The third-order valence-electron chi connectivity index (χ3n) is 11.6. The van der Waals surface area contributed by atoms with Crippen molar-refractivity contribution in [3.8, 4) is 45.3 Å². The maximum atomic E-state index is 6.44. The van der Waals surface area contributed by atoms with Crippen LogP contribution in [0.5, 0.6) is 0 Å². The Balaban J connectivity index is 1.05. The highest BCUT2D eigenvalue weighted by molar-refractivity contribution is 6.10. The summed E-state index contributed by atoms with van der Waals surface area (Å²) in [4.78, 5) is 15.6. The Labute approximate surface area is 325 Å². The van der Waals surface area contributed by atoms with Gasteiger partial charge in [-0.3, -0.25) is 0 Å². The van der Waals surface area contributed by atoms with Crippen molar-refractivity contribution in [3.05, 3.63) is 186 Å². The fourth-order valence-electron chi connectivity index (χ4n) is 8.68. The van der Waals surface area contributed by atoms with E-state index in [9.17, 15) is 0 Å². The topological polar surface area (TPSA) is 51.8 Å². The molecule has 8 aromatic rings. The average Bonchev–Trinajstić information content (AvgIpc) is 3.63. The van der Waals surface area contributed by atoms with Crippen molar-refractivity contribution in [2.75, 3.05) is 0 Å². The standard InChI is InChI=1S/C52H37N3O/c1-32-17-26-46-48(29-32)56-47-16-8-15-44(49(46)47)43-27-28-45(42-14-7-6-13-41(42)43)52-54-50(53-51(55-52)40-25-21-34-10-3-5-12-38(34)31-40)36-22-18-35(19-23-36)39-24-20-33-9-2-4-11-37(33)30-39/h2-19,21-28,30-33H,20,29H2,1H3/t32-,33?/m0/s1. The van der Waals surface area contributed by atoms with Crippen molar-refractivity contribution < 1.29 is 4.42 Å². The van der Waals surface area contributed by atoms with Crippen LogP contribution in [0.1, 0.15) is 30.2 Å². The van der Waals surface area contributed by atoms with E-state index >= 15 is 0 Å². The van der Waals surface area contributed by atoms with Gasteiger partial charge in [0.05, 0.1) is 0 Å². The first-order valence-corrected chi connectivity index (χ1v) is 19.5. The predicted octanol–water partition coefficient (Wildman–Crippen LogP) is 13.3. The molecule has 0 N–H and O–H groups in total. The molecule has 1 unspecified atom stereocenters. The maximum Gasteiger partial charge on any atom is 0.164 e. The van der Waals surface area contributed by atoms with Crippen molar-refractivity contribution >= 4 is 44.2 Å². The monoisotopic (exact) mass is 719 g/mol. The summed E-state index contributed by atoms with van der Waals surface area (Å²) in [5, 5.41) is 5.72. The summed E-state index contributed by atoms with van der Waals surface area (Å²) in [7, 11) is 0. The van der Waals surface area contributed by atoms with Crippen LogP contribution in [0.4, 0.5) is 0 Å². The molecular weight excluding hydrogens is 683 g/mol. The molecule has 3 aliphatic rings. The molecule has 6 aromatic carbocycles. The van der Waals surface area contributed by atoms with Crippen LogP contribution in [0.2, 0.25) is 0 Å². The van der Waals surface area contributed by atoms with Crippen LogP contribution in [-0.2, 0) is 6.42 Å². The predicted molar refractivity (Wildman–Crippen MR) is 231 cm³/mol. The summed E-state index contributed by atoms with van der Waals surface area (Å²) in [6.07, 6.45) is 19.9. The van der Waals surface area contributed by atoms with Gasteiger partial charge in [-0.1, -0.05) is 159 Å². The fourth-order valence-corrected chi connectivity index (χ4v) is 8.68. The minimum atomic E-state index is 0.459. The number of furan rings is 1. The molecule has 0 bridgehead atoms. The summed E-state index contributed by atoms with van der Waals surface area (Å²) in [5.74, 6) is 3.92. The van der Waals surface area contributed by atoms with E-state index in [4.69, 9.17) is 19.4 Å². The molecule has 0 amide bonds. The molecule has 0 spiro atoms. The molecule has 11 rings (SSSR count). The lowest BCUT2D eigenvalue weighted by Crippen LogP contribution is -2.05. The summed E-state index contributed by atoms with van der Waals surface area (Å²) >= 11 is 0. The normalized spacial score (nSPS) is 17.2. The summed E-state index contributed by atoms with van der Waals surface area (Å²) in [6, 6.07) is 42.9. The second-order valence-corrected chi connectivity index (χ2v) is 15.2. The molecule has 0 fully saturated rings. The lowest BCUT2D eigenvalue weighted by Gasteiger charge is -2.21. The van der Waals surface area contributed by atoms with Gasteiger partial charge < -0.3 is 4.42 Å². The third-order valence-corrected chi connectivity index (χ3v) is 11.6. The minimum Gasteiger partial charge on any atom is -0.460 e. The van der Waals surface area contributed by atoms with Crippen LogP contribution in [0.25, 0.3) is 89.5 Å². The van der Waals surface area contributed by atoms with E-state index < -0.39 is 0 Å². The van der Waals surface area contributed by atoms with E-state index in [1.807, 2.05) is 0 Å². The van der Waals surface area contributed by atoms with E-state index in [0.29, 0.717) is 29.3 Å². The Hall–Kier alpha value is -6.91. The Morgan fingerprint density at radius 3 is 2.20 bits per heavy atom. The van der Waals surface area contributed by atoms with Crippen LogP contribution in [0.15, 0.2) is 174 Å². The Morgan fingerprint density at radius 2 is 1.32 bits per heavy atom. The van der Waals surface area contributed by atoms with Gasteiger partial charge in [0.25, 0.3) is 0 Å². The smallest absolute Gasteiger partial charge is 0.164 e. The van der Waals surface area contributed by atoms with Gasteiger partial charge in [0.15, 0.2) is 17.5 Å². The first-order valence-electron chi connectivity index (χ1n) is 19.5. The van der Waals surface area contributed by atoms with Gasteiger partial charge in [0, 0.05) is 40.0 Å². The lowest BCUT2D eigenvalue weighted by atomic mass is 9.84. The van der Waals surface area contributed by atoms with Crippen LogP contribution >= 0.6 is 0 Å². The molecule has 4 heteroatoms. The Kier molecular flexibility index (Phi) is 7.63. The molecule has 3 aliphatic carbocycles. The van der Waals surface area contributed by atoms with Gasteiger partial charge in [-0.15, -0.1) is 0 Å². The van der Waals surface area contributed by atoms with E-state index in [0.717, 1.165) is 68.2 Å². The Bertz CT molecular complexity index is 3050. The fraction of sp³-hybridized carbons (Fsp3) is 0.0962. The molecule has 0 aliphatic heterocycles. The minimum absolute atomic E-state index is 0.459. The zero-order chi connectivity index (χ0) is 37.2. The van der Waals surface area contributed by atoms with Gasteiger partial charge in [-0.05, 0) is 79.9 Å². The number of hydrogen-bond donors (Lipinski definition) is 0. The van der Waals surface area contributed by atoms with Gasteiger partial charge in [-0.2, -0.15) is 0 Å². The van der Waals surface area contributed by atoms with Crippen molar-refractivity contribution in [3.63, 3.8) is 0 Å². The van der Waals surface area contributed by atoms with Crippen LogP contribution in [0, 0.1) is 11.8 Å². The molecule has 2 atom stereocenters. The van der Waals surface area contributed by atoms with E-state index in [1.54, 1.807) is 0 Å². The molecular formula is C52H37N3O. The van der Waals surface area contributed by atoms with Crippen LogP contribution in [-0.4, -0.2) is 15.0 Å². The number of hydrogen-bond acceptors (Lipinski definition) is 4. The summed E-state index contributed by atoms with van der Waals surface area (Å²) in [5.41, 5.74) is 11.1. The van der Waals surface area contributed by atoms with E-state index in [2.05, 4.69) is 177 Å². The second-order valence-electron chi connectivity index (χ2n) is 15.2. The first kappa shape index (κ1) is 32.5. The zero-order valence-electron chi connectivity index (χ0n) is 31.0. The van der Waals surface area contributed by atoms with Crippen molar-refractivity contribution in [2.45, 2.75) is 19.8 Å². The highest BCUT2D eigenvalue weighted by Gasteiger charge is 2.23. The van der Waals surface area contributed by atoms with Gasteiger partial charge >= 0.3 is 0 Å². The summed E-state index contributed by atoms with van der Waals surface area (Å²) in [6.45, 7) is 2.24. The number of fused-ring (bicyclic) bond motifs is 6. The first-order chi connectivity index (χ1) is 27.6. The highest BCUT2D eigenvalue weighted by atomic mass is 16.3. The number of aromatic nitrogens is 3. The molecule has 4 nitrogen and oxygen atoms in total. The van der Waals surface area contributed by atoms with Crippen LogP contribution in [0.3, 0.4) is 0 Å². The van der Waals surface area contributed by atoms with Gasteiger partial charge in [-0.25, -0.2) is 15.0 Å². The highest BCUT2D eigenvalue weighted by Crippen LogP contribution is 2.43. The Morgan fingerprint density at radius 1 is 0.589 bits per heavy atom. The second kappa shape index (κ2) is 13.1. The number of allylic oxidation sites excluding steroid dienone is 9. The largest absolute Gasteiger partial charge is 0.460 e. The van der Waals surface area contributed by atoms with Crippen molar-refractivity contribution in [2.24, 2.45) is 11.8 Å². The quantitative estimate of drug-likeness (QED) is 0.178. The number of benzene rings is 6. The molecule has 0 saturated carbocycles. The summed E-state index contributed by atoms with van der Waals surface area (Å²) < 4.78 is 6.44. The molecule has 56 heavy (non-hydrogen) atoms. The lowest BCUT2D eigenvalue weighted by molar-refractivity contribution is 0.513. The molecule has 266 valence electrons. The number of nitrogens with zero attached hydrogens (tertiary/aromatic N) is 3. The SMILES string of the molecule is C[C@H]1C=Cc2c(oc3cccc(-c4ccc(-c5nc(-c6ccc(C7=CCC8C=CC=CC8=C7)cc6)nc(-c6ccc7ccccc7c6)n5)c5ccccc45)c23)C1. The van der Waals surface area contributed by atoms with Crippen molar-refractivity contribution in [1.29, 1.82) is 0 Å². The average molecular weight is 720 g/mol. The maximum absolute atomic E-state index is 6.44. The van der Waals surface area contributed by atoms with Crippen molar-refractivity contribution in [1.82, 2.24) is 15.0 Å². The molecule has 2 aromatic heterocycles.